The summed E-state index contributed by atoms with van der Waals surface area (Å²) in [5, 5.41) is 0. The summed E-state index contributed by atoms with van der Waals surface area (Å²) in [5.41, 5.74) is 7.50. The van der Waals surface area contributed by atoms with Crippen LogP contribution in [-0.4, -0.2) is 29.6 Å². The van der Waals surface area contributed by atoms with Crippen LogP contribution in [0.2, 0.25) is 0 Å². The van der Waals surface area contributed by atoms with E-state index in [9.17, 15) is 4.39 Å². The van der Waals surface area contributed by atoms with Gasteiger partial charge in [-0.15, -0.1) is 0 Å². The molecular weight excluding hydrogens is 331 g/mol. The fraction of sp³-hybridized carbons (Fsp3) is 0.647. The molecule has 4 heteroatoms. The van der Waals surface area contributed by atoms with Crippen LogP contribution < -0.4 is 5.73 Å². The van der Waals surface area contributed by atoms with Crippen molar-refractivity contribution in [2.45, 2.75) is 58.5 Å². The maximum Gasteiger partial charge on any atom is 0.123 e. The van der Waals surface area contributed by atoms with Crippen LogP contribution in [0.3, 0.4) is 0 Å². The van der Waals surface area contributed by atoms with Crippen molar-refractivity contribution in [1.29, 1.82) is 0 Å². The standard InChI is InChI=1S/C17H28BrFN2/c1-5-17(6-2,21(7-3)8-4)16(20)12-13-11-14(19)9-10-15(13)18/h9-11,16H,5-8,12,20H2,1-4H3. The van der Waals surface area contributed by atoms with E-state index in [4.69, 9.17) is 5.73 Å². The van der Waals surface area contributed by atoms with Crippen LogP contribution in [0.15, 0.2) is 22.7 Å². The molecule has 1 atom stereocenters. The molecule has 21 heavy (non-hydrogen) atoms. The fourth-order valence-electron chi connectivity index (χ4n) is 3.44. The van der Waals surface area contributed by atoms with Crippen LogP contribution in [0.5, 0.6) is 0 Å². The van der Waals surface area contributed by atoms with Crippen molar-refractivity contribution in [3.8, 4) is 0 Å². The highest BCUT2D eigenvalue weighted by Gasteiger charge is 2.37. The minimum atomic E-state index is -0.207. The summed E-state index contributed by atoms with van der Waals surface area (Å²) in [4.78, 5) is 2.45. The van der Waals surface area contributed by atoms with E-state index < -0.39 is 0 Å². The number of hydrogen-bond donors (Lipinski definition) is 1. The number of rotatable bonds is 8. The average molecular weight is 359 g/mol. The molecule has 0 spiro atoms. The minimum absolute atomic E-state index is 0.0227. The number of nitrogens with two attached hydrogens (primary N) is 1. The van der Waals surface area contributed by atoms with Gasteiger partial charge in [-0.3, -0.25) is 4.90 Å². The summed E-state index contributed by atoms with van der Waals surface area (Å²) >= 11 is 3.50. The Balaban J connectivity index is 3.06. The maximum atomic E-state index is 13.5. The minimum Gasteiger partial charge on any atom is -0.326 e. The van der Waals surface area contributed by atoms with Gasteiger partial charge in [0.1, 0.15) is 5.82 Å². The van der Waals surface area contributed by atoms with E-state index in [2.05, 4.69) is 48.5 Å². The van der Waals surface area contributed by atoms with Gasteiger partial charge in [0.2, 0.25) is 0 Å². The highest BCUT2D eigenvalue weighted by atomic mass is 79.9. The third-order valence-electron chi connectivity index (χ3n) is 4.76. The predicted octanol–water partition coefficient (Wildman–Crippen LogP) is 4.36. The van der Waals surface area contributed by atoms with Crippen molar-refractivity contribution in [2.75, 3.05) is 13.1 Å². The molecule has 2 N–H and O–H groups in total. The Morgan fingerprint density at radius 2 is 1.76 bits per heavy atom. The summed E-state index contributed by atoms with van der Waals surface area (Å²) in [6, 6.07) is 4.79. The molecule has 120 valence electrons. The lowest BCUT2D eigenvalue weighted by Gasteiger charge is -2.46. The molecule has 0 amide bonds. The Hall–Kier alpha value is -0.450. The molecule has 0 heterocycles. The highest BCUT2D eigenvalue weighted by molar-refractivity contribution is 9.10. The van der Waals surface area contributed by atoms with Crippen LogP contribution >= 0.6 is 15.9 Å². The third-order valence-corrected chi connectivity index (χ3v) is 5.53. The molecular formula is C17H28BrFN2. The second kappa shape index (κ2) is 8.25. The second-order valence-corrected chi connectivity index (χ2v) is 6.38. The molecule has 1 aromatic carbocycles. The largest absolute Gasteiger partial charge is 0.326 e. The van der Waals surface area contributed by atoms with Crippen molar-refractivity contribution < 1.29 is 4.39 Å². The molecule has 0 radical (unpaired) electrons. The topological polar surface area (TPSA) is 29.3 Å². The predicted molar refractivity (Wildman–Crippen MR) is 92.0 cm³/mol. The second-order valence-electron chi connectivity index (χ2n) is 5.53. The first-order chi connectivity index (χ1) is 9.94. The molecule has 0 aliphatic heterocycles. The van der Waals surface area contributed by atoms with Gasteiger partial charge in [-0.25, -0.2) is 4.39 Å². The number of benzene rings is 1. The maximum absolute atomic E-state index is 13.5. The monoisotopic (exact) mass is 358 g/mol. The summed E-state index contributed by atoms with van der Waals surface area (Å²) in [5.74, 6) is -0.207. The van der Waals surface area contributed by atoms with E-state index in [0.717, 1.165) is 36.0 Å². The van der Waals surface area contributed by atoms with E-state index in [0.29, 0.717) is 6.42 Å². The van der Waals surface area contributed by atoms with E-state index >= 15 is 0 Å². The quantitative estimate of drug-likeness (QED) is 0.747. The highest BCUT2D eigenvalue weighted by Crippen LogP contribution is 2.30. The number of halogens is 2. The van der Waals surface area contributed by atoms with Gasteiger partial charge in [0.15, 0.2) is 0 Å². The lowest BCUT2D eigenvalue weighted by atomic mass is 9.80. The van der Waals surface area contributed by atoms with E-state index in [1.165, 1.54) is 6.07 Å². The fourth-order valence-corrected chi connectivity index (χ4v) is 3.84. The van der Waals surface area contributed by atoms with Gasteiger partial charge in [0.25, 0.3) is 0 Å². The smallest absolute Gasteiger partial charge is 0.123 e. The zero-order valence-corrected chi connectivity index (χ0v) is 15.2. The van der Waals surface area contributed by atoms with Crippen LogP contribution in [-0.2, 0) is 6.42 Å². The molecule has 0 aliphatic rings. The Morgan fingerprint density at radius 3 is 2.24 bits per heavy atom. The molecule has 0 saturated carbocycles. The third kappa shape index (κ3) is 4.05. The van der Waals surface area contributed by atoms with Gasteiger partial charge in [-0.1, -0.05) is 43.6 Å². The Bertz CT molecular complexity index is 442. The summed E-state index contributed by atoms with van der Waals surface area (Å²) < 4.78 is 14.4. The van der Waals surface area contributed by atoms with Crippen molar-refractivity contribution in [1.82, 2.24) is 4.90 Å². The molecule has 0 aliphatic carbocycles. The Kier molecular flexibility index (Phi) is 7.31. The molecule has 0 fully saturated rings. The van der Waals surface area contributed by atoms with Gasteiger partial charge >= 0.3 is 0 Å². The van der Waals surface area contributed by atoms with Gasteiger partial charge in [-0.05, 0) is 56.1 Å². The van der Waals surface area contributed by atoms with Crippen LogP contribution in [0.25, 0.3) is 0 Å². The van der Waals surface area contributed by atoms with Crippen molar-refractivity contribution in [2.24, 2.45) is 5.73 Å². The SMILES string of the molecule is CCN(CC)C(CC)(CC)C(N)Cc1cc(F)ccc1Br. The lowest BCUT2D eigenvalue weighted by Crippen LogP contribution is -2.60. The lowest BCUT2D eigenvalue weighted by molar-refractivity contribution is 0.0627. The number of likely N-dealkylation sites (N-methyl/N-ethyl adjacent to an activating group) is 1. The van der Waals surface area contributed by atoms with Crippen LogP contribution in [0.4, 0.5) is 4.39 Å². The first-order valence-electron chi connectivity index (χ1n) is 7.89. The van der Waals surface area contributed by atoms with Crippen molar-refractivity contribution in [3.63, 3.8) is 0 Å². The molecule has 0 bridgehead atoms. The average Bonchev–Trinajstić information content (AvgIpc) is 2.48. The molecule has 1 aromatic rings. The number of hydrogen-bond acceptors (Lipinski definition) is 2. The Morgan fingerprint density at radius 1 is 1.19 bits per heavy atom. The molecule has 2 nitrogen and oxygen atoms in total. The van der Waals surface area contributed by atoms with Crippen LogP contribution in [0.1, 0.15) is 46.1 Å². The molecule has 1 rings (SSSR count). The van der Waals surface area contributed by atoms with E-state index in [1.807, 2.05) is 0 Å². The zero-order valence-electron chi connectivity index (χ0n) is 13.6. The summed E-state index contributed by atoms with van der Waals surface area (Å²) in [6.07, 6.45) is 2.68. The Labute approximate surface area is 137 Å². The van der Waals surface area contributed by atoms with Gasteiger partial charge in [0, 0.05) is 16.1 Å². The molecule has 1 unspecified atom stereocenters. The first-order valence-corrected chi connectivity index (χ1v) is 8.68. The summed E-state index contributed by atoms with van der Waals surface area (Å²) in [7, 11) is 0. The number of nitrogens with zero attached hydrogens (tertiary/aromatic N) is 1. The van der Waals surface area contributed by atoms with Crippen LogP contribution in [0, 0.1) is 5.82 Å². The van der Waals surface area contributed by atoms with Crippen molar-refractivity contribution in [3.05, 3.63) is 34.1 Å². The molecule has 0 saturated heterocycles. The normalized spacial score (nSPS) is 13.7. The molecule has 0 aromatic heterocycles. The van der Waals surface area contributed by atoms with Gasteiger partial charge in [-0.2, -0.15) is 0 Å². The van der Waals surface area contributed by atoms with E-state index in [1.54, 1.807) is 12.1 Å². The van der Waals surface area contributed by atoms with E-state index in [-0.39, 0.29) is 17.4 Å². The summed E-state index contributed by atoms with van der Waals surface area (Å²) in [6.45, 7) is 10.7. The van der Waals surface area contributed by atoms with Crippen molar-refractivity contribution >= 4 is 15.9 Å². The van der Waals surface area contributed by atoms with Gasteiger partial charge in [0.05, 0.1) is 0 Å². The first kappa shape index (κ1) is 18.6. The van der Waals surface area contributed by atoms with Gasteiger partial charge < -0.3 is 5.73 Å². The zero-order chi connectivity index (χ0) is 16.0.